The maximum Gasteiger partial charge on any atom is 0.220 e. The second kappa shape index (κ2) is 6.01. The molecule has 0 aromatic carbocycles. The normalized spacial score (nSPS) is 33.1. The van der Waals surface area contributed by atoms with Crippen LogP contribution in [0.15, 0.2) is 0 Å². The quantitative estimate of drug-likeness (QED) is 0.670. The smallest absolute Gasteiger partial charge is 0.220 e. The molecule has 78 valence electrons. The summed E-state index contributed by atoms with van der Waals surface area (Å²) < 4.78 is 0. The van der Waals surface area contributed by atoms with Gasteiger partial charge in [0.15, 0.2) is 0 Å². The first-order valence-corrected chi connectivity index (χ1v) is 5.40. The van der Waals surface area contributed by atoms with E-state index < -0.39 is 0 Å². The summed E-state index contributed by atoms with van der Waals surface area (Å²) in [6.07, 6.45) is 3.32. The van der Waals surface area contributed by atoms with Crippen LogP contribution in [-0.4, -0.2) is 5.91 Å². The van der Waals surface area contributed by atoms with E-state index in [0.29, 0.717) is 5.92 Å². The van der Waals surface area contributed by atoms with E-state index in [1.165, 1.54) is 0 Å². The lowest BCUT2D eigenvalue weighted by atomic mass is 9.75. The molecule has 0 spiro atoms. The van der Waals surface area contributed by atoms with Gasteiger partial charge in [-0.3, -0.25) is 4.79 Å². The van der Waals surface area contributed by atoms with Crippen LogP contribution in [0, 0.1) is 17.8 Å². The topological polar surface area (TPSA) is 43.1 Å². The van der Waals surface area contributed by atoms with Crippen LogP contribution in [0.25, 0.3) is 0 Å². The third-order valence-corrected chi connectivity index (χ3v) is 2.80. The highest BCUT2D eigenvalue weighted by atomic mass is 16.1. The van der Waals surface area contributed by atoms with Gasteiger partial charge in [0.25, 0.3) is 0 Å². The fraction of sp³-hybridized carbons (Fsp3) is 0.909. The lowest BCUT2D eigenvalue weighted by Gasteiger charge is -2.30. The van der Waals surface area contributed by atoms with E-state index in [1.807, 2.05) is 13.8 Å². The SMILES string of the molecule is CC.C[C@H]1CC[C@@H](C(N)=O)[C@H](C)C1. The molecule has 0 aromatic rings. The number of amides is 1. The zero-order chi connectivity index (χ0) is 10.4. The molecule has 1 aliphatic carbocycles. The molecule has 0 aliphatic heterocycles. The van der Waals surface area contributed by atoms with E-state index in [4.69, 9.17) is 5.73 Å². The van der Waals surface area contributed by atoms with Crippen molar-refractivity contribution in [3.63, 3.8) is 0 Å². The van der Waals surface area contributed by atoms with Crippen molar-refractivity contribution in [3.8, 4) is 0 Å². The lowest BCUT2D eigenvalue weighted by molar-refractivity contribution is -0.124. The average molecular weight is 185 g/mol. The van der Waals surface area contributed by atoms with Gasteiger partial charge in [-0.1, -0.05) is 27.7 Å². The van der Waals surface area contributed by atoms with E-state index in [1.54, 1.807) is 0 Å². The summed E-state index contributed by atoms with van der Waals surface area (Å²) in [4.78, 5) is 10.9. The average Bonchev–Trinajstić information content (AvgIpc) is 2.07. The number of hydrogen-bond donors (Lipinski definition) is 1. The minimum Gasteiger partial charge on any atom is -0.369 e. The minimum absolute atomic E-state index is 0.107. The van der Waals surface area contributed by atoms with E-state index in [-0.39, 0.29) is 11.8 Å². The van der Waals surface area contributed by atoms with Gasteiger partial charge in [-0.15, -0.1) is 0 Å². The molecule has 2 heteroatoms. The summed E-state index contributed by atoms with van der Waals surface area (Å²) in [6, 6.07) is 0. The highest BCUT2D eigenvalue weighted by Gasteiger charge is 2.28. The first-order chi connectivity index (χ1) is 6.11. The minimum atomic E-state index is -0.107. The zero-order valence-electron chi connectivity index (χ0n) is 9.34. The van der Waals surface area contributed by atoms with Gasteiger partial charge in [-0.2, -0.15) is 0 Å². The van der Waals surface area contributed by atoms with E-state index in [0.717, 1.165) is 25.2 Å². The van der Waals surface area contributed by atoms with Crippen molar-refractivity contribution in [2.24, 2.45) is 23.5 Å². The maximum atomic E-state index is 10.9. The van der Waals surface area contributed by atoms with Crippen molar-refractivity contribution < 1.29 is 4.79 Å². The number of rotatable bonds is 1. The maximum absolute atomic E-state index is 10.9. The molecule has 1 saturated carbocycles. The molecule has 1 amide bonds. The molecule has 1 fully saturated rings. The molecule has 2 nitrogen and oxygen atoms in total. The van der Waals surface area contributed by atoms with Crippen LogP contribution in [0.4, 0.5) is 0 Å². The Bertz CT molecular complexity index is 156. The zero-order valence-corrected chi connectivity index (χ0v) is 9.34. The second-order valence-corrected chi connectivity index (χ2v) is 3.90. The molecule has 13 heavy (non-hydrogen) atoms. The third-order valence-electron chi connectivity index (χ3n) is 2.80. The summed E-state index contributed by atoms with van der Waals surface area (Å²) in [5.74, 6) is 1.31. The van der Waals surface area contributed by atoms with Gasteiger partial charge < -0.3 is 5.73 Å². The number of primary amides is 1. The van der Waals surface area contributed by atoms with Gasteiger partial charge in [0.1, 0.15) is 0 Å². The van der Waals surface area contributed by atoms with Crippen molar-refractivity contribution in [2.45, 2.75) is 47.0 Å². The second-order valence-electron chi connectivity index (χ2n) is 3.90. The van der Waals surface area contributed by atoms with Gasteiger partial charge in [0, 0.05) is 5.92 Å². The van der Waals surface area contributed by atoms with Crippen LogP contribution in [0.3, 0.4) is 0 Å². The van der Waals surface area contributed by atoms with Crippen LogP contribution in [0.5, 0.6) is 0 Å². The summed E-state index contributed by atoms with van der Waals surface area (Å²) >= 11 is 0. The van der Waals surface area contributed by atoms with E-state index >= 15 is 0 Å². The fourth-order valence-electron chi connectivity index (χ4n) is 2.09. The van der Waals surface area contributed by atoms with Gasteiger partial charge in [-0.25, -0.2) is 0 Å². The number of hydrogen-bond acceptors (Lipinski definition) is 1. The summed E-state index contributed by atoms with van der Waals surface area (Å²) in [7, 11) is 0. The fourth-order valence-corrected chi connectivity index (χ4v) is 2.09. The predicted octanol–water partition coefficient (Wildman–Crippen LogP) is 2.57. The summed E-state index contributed by atoms with van der Waals surface area (Å²) in [5, 5.41) is 0. The standard InChI is InChI=1S/C9H17NO.C2H6/c1-6-3-4-8(9(10)11)7(2)5-6;1-2/h6-8H,3-5H2,1-2H3,(H2,10,11);1-2H3/t6-,7+,8+;/m0./s1. The summed E-state index contributed by atoms with van der Waals surface area (Å²) in [5.41, 5.74) is 5.26. The van der Waals surface area contributed by atoms with Crippen LogP contribution in [-0.2, 0) is 4.79 Å². The molecule has 0 saturated heterocycles. The Morgan fingerprint density at radius 2 is 1.77 bits per heavy atom. The van der Waals surface area contributed by atoms with Crippen molar-refractivity contribution >= 4 is 5.91 Å². The van der Waals surface area contributed by atoms with Crippen molar-refractivity contribution in [2.75, 3.05) is 0 Å². The molecule has 0 radical (unpaired) electrons. The molecule has 2 N–H and O–H groups in total. The molecular weight excluding hydrogens is 162 g/mol. The van der Waals surface area contributed by atoms with Crippen LogP contribution in [0.2, 0.25) is 0 Å². The van der Waals surface area contributed by atoms with Gasteiger partial charge in [0.2, 0.25) is 5.91 Å². The number of carbonyl (C=O) groups is 1. The Hall–Kier alpha value is -0.530. The highest BCUT2D eigenvalue weighted by molar-refractivity contribution is 5.76. The Kier molecular flexibility index (Phi) is 5.76. The molecule has 0 unspecified atom stereocenters. The molecule has 1 aliphatic rings. The van der Waals surface area contributed by atoms with Gasteiger partial charge in [-0.05, 0) is 31.1 Å². The monoisotopic (exact) mass is 185 g/mol. The van der Waals surface area contributed by atoms with E-state index in [9.17, 15) is 4.79 Å². The molecule has 3 atom stereocenters. The molecule has 0 heterocycles. The Morgan fingerprint density at radius 1 is 1.23 bits per heavy atom. The lowest BCUT2D eigenvalue weighted by Crippen LogP contribution is -2.32. The molecular formula is C11H23NO. The first kappa shape index (κ1) is 12.5. The highest BCUT2D eigenvalue weighted by Crippen LogP contribution is 2.32. The Labute approximate surface area is 81.9 Å². The van der Waals surface area contributed by atoms with Gasteiger partial charge >= 0.3 is 0 Å². The van der Waals surface area contributed by atoms with Crippen LogP contribution < -0.4 is 5.73 Å². The largest absolute Gasteiger partial charge is 0.369 e. The molecule has 1 rings (SSSR count). The predicted molar refractivity (Wildman–Crippen MR) is 56.2 cm³/mol. The van der Waals surface area contributed by atoms with Crippen LogP contribution >= 0.6 is 0 Å². The number of carbonyl (C=O) groups excluding carboxylic acids is 1. The third kappa shape index (κ3) is 3.79. The molecule has 0 bridgehead atoms. The van der Waals surface area contributed by atoms with E-state index in [2.05, 4.69) is 13.8 Å². The number of nitrogens with two attached hydrogens (primary N) is 1. The van der Waals surface area contributed by atoms with Crippen molar-refractivity contribution in [3.05, 3.63) is 0 Å². The summed E-state index contributed by atoms with van der Waals surface area (Å²) in [6.45, 7) is 8.37. The Balaban J connectivity index is 0.000000671. The van der Waals surface area contributed by atoms with Crippen LogP contribution in [0.1, 0.15) is 47.0 Å². The first-order valence-electron chi connectivity index (χ1n) is 5.40. The van der Waals surface area contributed by atoms with Crippen molar-refractivity contribution in [1.82, 2.24) is 0 Å². The Morgan fingerprint density at radius 3 is 2.15 bits per heavy atom. The van der Waals surface area contributed by atoms with Gasteiger partial charge in [0.05, 0.1) is 0 Å². The van der Waals surface area contributed by atoms with Crippen molar-refractivity contribution in [1.29, 1.82) is 0 Å². The molecule has 0 aromatic heterocycles.